The van der Waals surface area contributed by atoms with Crippen LogP contribution in [-0.2, 0) is 9.59 Å². The fraction of sp³-hybridized carbons (Fsp3) is 0.800. The molecular weight excluding hydrogens is 254 g/mol. The Morgan fingerprint density at radius 1 is 1.15 bits per heavy atom. The molecule has 0 bridgehead atoms. The van der Waals surface area contributed by atoms with Crippen LogP contribution in [0.4, 0.5) is 0 Å². The Morgan fingerprint density at radius 2 is 1.85 bits per heavy atom. The highest BCUT2D eigenvalue weighted by Gasteiger charge is 2.33. The number of rotatable bonds is 4. The summed E-state index contributed by atoms with van der Waals surface area (Å²) in [6, 6.07) is 0. The zero-order valence-corrected chi connectivity index (χ0v) is 12.4. The number of unbranched alkanes of at least 4 members (excludes halogenated alkanes) is 2. The first-order chi connectivity index (χ1) is 9.72. The topological polar surface area (TPSA) is 61.8 Å². The number of hydrogen-bond acceptors (Lipinski definition) is 3. The van der Waals surface area contributed by atoms with Crippen molar-refractivity contribution in [2.75, 3.05) is 13.1 Å². The smallest absolute Gasteiger partial charge is 0.261 e. The van der Waals surface area contributed by atoms with Gasteiger partial charge in [-0.25, -0.2) is 0 Å². The van der Waals surface area contributed by atoms with Gasteiger partial charge in [-0.2, -0.15) is 4.99 Å². The van der Waals surface area contributed by atoms with E-state index in [0.29, 0.717) is 12.4 Å². The van der Waals surface area contributed by atoms with Gasteiger partial charge >= 0.3 is 0 Å². The Morgan fingerprint density at radius 3 is 2.45 bits per heavy atom. The normalized spacial score (nSPS) is 24.1. The second-order valence-corrected chi connectivity index (χ2v) is 5.71. The van der Waals surface area contributed by atoms with Gasteiger partial charge in [-0.1, -0.05) is 39.0 Å². The summed E-state index contributed by atoms with van der Waals surface area (Å²) >= 11 is 0. The van der Waals surface area contributed by atoms with Crippen LogP contribution in [-0.4, -0.2) is 35.8 Å². The summed E-state index contributed by atoms with van der Waals surface area (Å²) in [6.07, 6.45) is 8.30. The van der Waals surface area contributed by atoms with E-state index >= 15 is 0 Å². The molecule has 1 atom stereocenters. The molecule has 1 saturated heterocycles. The van der Waals surface area contributed by atoms with Gasteiger partial charge in [-0.15, -0.1) is 0 Å². The summed E-state index contributed by atoms with van der Waals surface area (Å²) in [5.41, 5.74) is 0. The molecule has 20 heavy (non-hydrogen) atoms. The Kier molecular flexibility index (Phi) is 5.56. The van der Waals surface area contributed by atoms with Crippen LogP contribution in [0.5, 0.6) is 0 Å². The van der Waals surface area contributed by atoms with Crippen molar-refractivity contribution in [1.29, 1.82) is 0 Å². The van der Waals surface area contributed by atoms with Gasteiger partial charge in [0.1, 0.15) is 5.92 Å². The second-order valence-electron chi connectivity index (χ2n) is 5.71. The number of carbonyl (C=O) groups is 2. The van der Waals surface area contributed by atoms with Gasteiger partial charge in [0, 0.05) is 13.1 Å². The summed E-state index contributed by atoms with van der Waals surface area (Å²) in [4.78, 5) is 30.3. The molecule has 5 nitrogen and oxygen atoms in total. The van der Waals surface area contributed by atoms with Crippen LogP contribution >= 0.6 is 0 Å². The summed E-state index contributed by atoms with van der Waals surface area (Å²) in [7, 11) is 0. The lowest BCUT2D eigenvalue weighted by Gasteiger charge is -2.28. The third-order valence-corrected chi connectivity index (χ3v) is 4.07. The molecule has 0 aromatic carbocycles. The standard InChI is InChI=1S/C15H25N3O2/c1-2-3-6-9-12-13(19)16-15(17-14(12)20)18-10-7-4-5-8-11-18/h12H,2-11H2,1H3,(H,16,17,19,20). The van der Waals surface area contributed by atoms with Crippen molar-refractivity contribution in [3.8, 4) is 0 Å². The van der Waals surface area contributed by atoms with Crippen LogP contribution < -0.4 is 5.32 Å². The number of amides is 2. The number of nitrogens with zero attached hydrogens (tertiary/aromatic N) is 2. The minimum Gasteiger partial charge on any atom is -0.342 e. The maximum Gasteiger partial charge on any atom is 0.261 e. The highest BCUT2D eigenvalue weighted by Crippen LogP contribution is 2.17. The molecule has 0 spiro atoms. The van der Waals surface area contributed by atoms with Crippen LogP contribution in [0.15, 0.2) is 4.99 Å². The van der Waals surface area contributed by atoms with Crippen LogP contribution in [0.2, 0.25) is 0 Å². The highest BCUT2D eigenvalue weighted by molar-refractivity contribution is 6.15. The summed E-state index contributed by atoms with van der Waals surface area (Å²) in [6.45, 7) is 3.87. The van der Waals surface area contributed by atoms with Gasteiger partial charge in [0.05, 0.1) is 0 Å². The summed E-state index contributed by atoms with van der Waals surface area (Å²) < 4.78 is 0. The van der Waals surface area contributed by atoms with E-state index < -0.39 is 5.92 Å². The van der Waals surface area contributed by atoms with E-state index in [1.807, 2.05) is 4.90 Å². The summed E-state index contributed by atoms with van der Waals surface area (Å²) in [5, 5.41) is 2.84. The molecule has 0 aromatic rings. The zero-order chi connectivity index (χ0) is 14.4. The lowest BCUT2D eigenvalue weighted by molar-refractivity contribution is -0.134. The molecule has 0 aromatic heterocycles. The number of likely N-dealkylation sites (tertiary alicyclic amines) is 1. The zero-order valence-electron chi connectivity index (χ0n) is 12.4. The average molecular weight is 279 g/mol. The lowest BCUT2D eigenvalue weighted by atomic mass is 9.99. The molecule has 112 valence electrons. The maximum atomic E-state index is 12.1. The Hall–Kier alpha value is -1.39. The van der Waals surface area contributed by atoms with E-state index in [4.69, 9.17) is 0 Å². The molecule has 0 radical (unpaired) electrons. The number of nitrogens with one attached hydrogen (secondary N) is 1. The first-order valence-electron chi connectivity index (χ1n) is 7.90. The van der Waals surface area contributed by atoms with Crippen LogP contribution in [0.3, 0.4) is 0 Å². The predicted octanol–water partition coefficient (Wildman–Crippen LogP) is 2.07. The Labute approximate surface area is 120 Å². The van der Waals surface area contributed by atoms with Gasteiger partial charge in [-0.3, -0.25) is 14.9 Å². The van der Waals surface area contributed by atoms with Gasteiger partial charge in [-0.05, 0) is 19.3 Å². The van der Waals surface area contributed by atoms with Crippen molar-refractivity contribution in [2.24, 2.45) is 10.9 Å². The van der Waals surface area contributed by atoms with E-state index in [9.17, 15) is 9.59 Å². The van der Waals surface area contributed by atoms with E-state index in [1.165, 1.54) is 12.8 Å². The van der Waals surface area contributed by atoms with Crippen LogP contribution in [0.1, 0.15) is 58.3 Å². The maximum absolute atomic E-state index is 12.1. The third-order valence-electron chi connectivity index (χ3n) is 4.07. The molecule has 0 saturated carbocycles. The van der Waals surface area contributed by atoms with E-state index in [2.05, 4.69) is 17.2 Å². The molecule has 1 N–H and O–H groups in total. The van der Waals surface area contributed by atoms with Crippen molar-refractivity contribution in [3.63, 3.8) is 0 Å². The molecule has 2 aliphatic heterocycles. The molecule has 0 aliphatic carbocycles. The van der Waals surface area contributed by atoms with Crippen molar-refractivity contribution in [2.45, 2.75) is 58.3 Å². The average Bonchev–Trinajstić information content (AvgIpc) is 2.70. The molecule has 2 rings (SSSR count). The largest absolute Gasteiger partial charge is 0.342 e. The molecular formula is C15H25N3O2. The first-order valence-corrected chi connectivity index (χ1v) is 7.90. The quantitative estimate of drug-likeness (QED) is 0.633. The minimum absolute atomic E-state index is 0.166. The van der Waals surface area contributed by atoms with Crippen molar-refractivity contribution >= 4 is 17.8 Å². The highest BCUT2D eigenvalue weighted by atomic mass is 16.2. The number of carbonyl (C=O) groups excluding carboxylic acids is 2. The number of aliphatic imine (C=N–C) groups is 1. The fourth-order valence-electron chi connectivity index (χ4n) is 2.80. The van der Waals surface area contributed by atoms with Gasteiger partial charge in [0.25, 0.3) is 5.91 Å². The Bertz CT molecular complexity index is 385. The third kappa shape index (κ3) is 3.81. The summed E-state index contributed by atoms with van der Waals surface area (Å²) in [5.74, 6) is -0.518. The van der Waals surface area contributed by atoms with Crippen LogP contribution in [0.25, 0.3) is 0 Å². The predicted molar refractivity (Wildman–Crippen MR) is 78.3 cm³/mol. The molecule has 2 heterocycles. The van der Waals surface area contributed by atoms with E-state index in [-0.39, 0.29) is 11.8 Å². The lowest BCUT2D eigenvalue weighted by Crippen LogP contribution is -2.51. The monoisotopic (exact) mass is 279 g/mol. The number of guanidine groups is 1. The van der Waals surface area contributed by atoms with E-state index in [1.54, 1.807) is 0 Å². The van der Waals surface area contributed by atoms with Crippen molar-refractivity contribution < 1.29 is 9.59 Å². The molecule has 2 aliphatic rings. The first kappa shape index (κ1) is 15.0. The fourth-order valence-corrected chi connectivity index (χ4v) is 2.80. The van der Waals surface area contributed by atoms with Gasteiger partial charge < -0.3 is 4.90 Å². The Balaban J connectivity index is 1.97. The van der Waals surface area contributed by atoms with Gasteiger partial charge in [0.15, 0.2) is 0 Å². The number of hydrogen-bond donors (Lipinski definition) is 1. The van der Waals surface area contributed by atoms with Crippen molar-refractivity contribution in [3.05, 3.63) is 0 Å². The minimum atomic E-state index is -0.572. The van der Waals surface area contributed by atoms with E-state index in [0.717, 1.165) is 45.2 Å². The molecule has 1 fully saturated rings. The SMILES string of the molecule is CCCCCC1C(=O)N=C(N2CCCCCC2)NC1=O. The van der Waals surface area contributed by atoms with Crippen molar-refractivity contribution in [1.82, 2.24) is 10.2 Å². The molecule has 5 heteroatoms. The van der Waals surface area contributed by atoms with Crippen LogP contribution in [0, 0.1) is 5.92 Å². The second kappa shape index (κ2) is 7.41. The molecule has 1 unspecified atom stereocenters. The van der Waals surface area contributed by atoms with Gasteiger partial charge in [0.2, 0.25) is 11.9 Å². The molecule has 2 amide bonds.